The molecule has 0 aliphatic carbocycles. The highest BCUT2D eigenvalue weighted by Gasteiger charge is 2.14. The topological polar surface area (TPSA) is 50.5 Å². The maximum Gasteiger partial charge on any atom is 0.148 e. The third kappa shape index (κ3) is 2.19. The van der Waals surface area contributed by atoms with E-state index in [0.717, 1.165) is 13.1 Å². The smallest absolute Gasteiger partial charge is 0.148 e. The van der Waals surface area contributed by atoms with Crippen LogP contribution in [0.2, 0.25) is 0 Å². The Kier molecular flexibility index (Phi) is 3.03. The Hall–Kier alpha value is -1.33. The number of halogens is 1. The number of anilines is 2. The van der Waals surface area contributed by atoms with Gasteiger partial charge in [0.1, 0.15) is 5.82 Å². The highest BCUT2D eigenvalue weighted by molar-refractivity contribution is 5.56. The number of hydrogen-bond donors (Lipinski definition) is 2. The van der Waals surface area contributed by atoms with Crippen molar-refractivity contribution < 1.29 is 9.13 Å². The summed E-state index contributed by atoms with van der Waals surface area (Å²) in [5.41, 5.74) is 3.60. The van der Waals surface area contributed by atoms with Crippen LogP contribution >= 0.6 is 0 Å². The molecule has 0 bridgehead atoms. The van der Waals surface area contributed by atoms with Crippen LogP contribution in [-0.4, -0.2) is 26.3 Å². The first kappa shape index (κ1) is 10.2. The highest BCUT2D eigenvalue weighted by atomic mass is 19.1. The van der Waals surface area contributed by atoms with Gasteiger partial charge in [0, 0.05) is 19.2 Å². The van der Waals surface area contributed by atoms with Gasteiger partial charge in [-0.3, -0.25) is 5.84 Å². The number of hydrazine groups is 1. The highest BCUT2D eigenvalue weighted by Crippen LogP contribution is 2.23. The number of morpholine rings is 1. The van der Waals surface area contributed by atoms with Crippen LogP contribution in [0.25, 0.3) is 0 Å². The van der Waals surface area contributed by atoms with Crippen LogP contribution in [0.5, 0.6) is 0 Å². The number of hydrogen-bond acceptors (Lipinski definition) is 4. The monoisotopic (exact) mass is 211 g/mol. The summed E-state index contributed by atoms with van der Waals surface area (Å²) in [5, 5.41) is 0. The molecule has 1 heterocycles. The molecule has 1 aliphatic rings. The Balaban J connectivity index is 2.19. The van der Waals surface area contributed by atoms with Crippen LogP contribution < -0.4 is 16.2 Å². The summed E-state index contributed by atoms with van der Waals surface area (Å²) in [7, 11) is 0. The van der Waals surface area contributed by atoms with E-state index in [0.29, 0.717) is 24.6 Å². The fourth-order valence-electron chi connectivity index (χ4n) is 1.66. The van der Waals surface area contributed by atoms with E-state index in [1.165, 1.54) is 6.07 Å². The standard InChI is InChI=1S/C10H14FN3O/c11-9-7-8(13-12)1-2-10(9)14-3-5-15-6-4-14/h1-2,7,13H,3-6,12H2. The molecule has 4 nitrogen and oxygen atoms in total. The lowest BCUT2D eigenvalue weighted by Gasteiger charge is -2.29. The van der Waals surface area contributed by atoms with Crippen LogP contribution in [-0.2, 0) is 4.74 Å². The summed E-state index contributed by atoms with van der Waals surface area (Å²) in [6, 6.07) is 4.88. The number of nitrogens with zero attached hydrogens (tertiary/aromatic N) is 1. The molecule has 5 heteroatoms. The summed E-state index contributed by atoms with van der Waals surface area (Å²) in [6.07, 6.45) is 0. The van der Waals surface area contributed by atoms with Gasteiger partial charge in [-0.2, -0.15) is 0 Å². The van der Waals surface area contributed by atoms with E-state index in [1.807, 2.05) is 4.90 Å². The van der Waals surface area contributed by atoms with Gasteiger partial charge in [0.05, 0.1) is 24.6 Å². The average Bonchev–Trinajstić information content (AvgIpc) is 2.30. The molecule has 3 N–H and O–H groups in total. The molecule has 1 aliphatic heterocycles. The van der Waals surface area contributed by atoms with Crippen LogP contribution in [0, 0.1) is 5.82 Å². The number of ether oxygens (including phenoxy) is 1. The predicted octanol–water partition coefficient (Wildman–Crippen LogP) is 0.948. The van der Waals surface area contributed by atoms with Gasteiger partial charge in [0.25, 0.3) is 0 Å². The largest absolute Gasteiger partial charge is 0.378 e. The van der Waals surface area contributed by atoms with Gasteiger partial charge in [0.2, 0.25) is 0 Å². The second-order valence-electron chi connectivity index (χ2n) is 3.41. The van der Waals surface area contributed by atoms with E-state index < -0.39 is 0 Å². The van der Waals surface area contributed by atoms with Crippen molar-refractivity contribution in [2.75, 3.05) is 36.6 Å². The predicted molar refractivity (Wildman–Crippen MR) is 57.2 cm³/mol. The van der Waals surface area contributed by atoms with Crippen molar-refractivity contribution in [1.29, 1.82) is 0 Å². The molecule has 0 atom stereocenters. The number of nitrogen functional groups attached to an aromatic ring is 1. The number of rotatable bonds is 2. The van der Waals surface area contributed by atoms with Crippen molar-refractivity contribution in [1.82, 2.24) is 0 Å². The van der Waals surface area contributed by atoms with E-state index in [4.69, 9.17) is 10.6 Å². The maximum atomic E-state index is 13.6. The summed E-state index contributed by atoms with van der Waals surface area (Å²) in [5.74, 6) is 4.94. The van der Waals surface area contributed by atoms with Gasteiger partial charge in [-0.1, -0.05) is 0 Å². The second-order valence-corrected chi connectivity index (χ2v) is 3.41. The molecule has 0 aromatic heterocycles. The zero-order valence-electron chi connectivity index (χ0n) is 8.37. The second kappa shape index (κ2) is 4.46. The van der Waals surface area contributed by atoms with Crippen LogP contribution in [0.1, 0.15) is 0 Å². The van der Waals surface area contributed by atoms with Crippen LogP contribution in [0.3, 0.4) is 0 Å². The summed E-state index contributed by atoms with van der Waals surface area (Å²) >= 11 is 0. The Morgan fingerprint density at radius 3 is 2.67 bits per heavy atom. The van der Waals surface area contributed by atoms with E-state index in [9.17, 15) is 4.39 Å². The van der Waals surface area contributed by atoms with Crippen molar-refractivity contribution in [2.45, 2.75) is 0 Å². The van der Waals surface area contributed by atoms with Crippen molar-refractivity contribution in [3.05, 3.63) is 24.0 Å². The summed E-state index contributed by atoms with van der Waals surface area (Å²) in [4.78, 5) is 1.97. The fourth-order valence-corrected chi connectivity index (χ4v) is 1.66. The van der Waals surface area contributed by atoms with Gasteiger partial charge in [-0.05, 0) is 12.1 Å². The average molecular weight is 211 g/mol. The molecule has 1 fully saturated rings. The third-order valence-electron chi connectivity index (χ3n) is 2.47. The molecule has 15 heavy (non-hydrogen) atoms. The van der Waals surface area contributed by atoms with E-state index in [2.05, 4.69) is 5.43 Å². The zero-order valence-corrected chi connectivity index (χ0v) is 8.37. The van der Waals surface area contributed by atoms with Gasteiger partial charge >= 0.3 is 0 Å². The molecule has 0 unspecified atom stereocenters. The Bertz CT molecular complexity index is 339. The van der Waals surface area contributed by atoms with Crippen molar-refractivity contribution >= 4 is 11.4 Å². The van der Waals surface area contributed by atoms with Crippen molar-refractivity contribution in [3.63, 3.8) is 0 Å². The Labute approximate surface area is 87.8 Å². The minimum Gasteiger partial charge on any atom is -0.378 e. The lowest BCUT2D eigenvalue weighted by Crippen LogP contribution is -2.36. The van der Waals surface area contributed by atoms with E-state index in [1.54, 1.807) is 12.1 Å². The van der Waals surface area contributed by atoms with Gasteiger partial charge in [0.15, 0.2) is 0 Å². The summed E-state index contributed by atoms with van der Waals surface area (Å²) < 4.78 is 18.9. The normalized spacial score (nSPS) is 16.5. The Morgan fingerprint density at radius 1 is 1.33 bits per heavy atom. The molecule has 1 saturated heterocycles. The molecule has 82 valence electrons. The van der Waals surface area contributed by atoms with Crippen LogP contribution in [0.4, 0.5) is 15.8 Å². The lowest BCUT2D eigenvalue weighted by atomic mass is 10.2. The molecule has 2 rings (SSSR count). The summed E-state index contributed by atoms with van der Waals surface area (Å²) in [6.45, 7) is 2.76. The maximum absolute atomic E-state index is 13.6. The third-order valence-corrected chi connectivity index (χ3v) is 2.47. The molecule has 0 amide bonds. The molecule has 0 spiro atoms. The van der Waals surface area contributed by atoms with Gasteiger partial charge in [-0.25, -0.2) is 4.39 Å². The first-order valence-corrected chi connectivity index (χ1v) is 4.90. The number of benzene rings is 1. The van der Waals surface area contributed by atoms with E-state index >= 15 is 0 Å². The minimum absolute atomic E-state index is 0.257. The lowest BCUT2D eigenvalue weighted by molar-refractivity contribution is 0.122. The quantitative estimate of drug-likeness (QED) is 0.565. The van der Waals surface area contributed by atoms with Gasteiger partial charge in [-0.15, -0.1) is 0 Å². The van der Waals surface area contributed by atoms with Gasteiger partial charge < -0.3 is 15.1 Å². The SMILES string of the molecule is NNc1ccc(N2CCOCC2)c(F)c1. The van der Waals surface area contributed by atoms with Crippen LogP contribution in [0.15, 0.2) is 18.2 Å². The minimum atomic E-state index is -0.257. The molecular formula is C10H14FN3O. The molecule has 0 radical (unpaired) electrons. The van der Waals surface area contributed by atoms with Crippen molar-refractivity contribution in [3.8, 4) is 0 Å². The molecule has 1 aromatic carbocycles. The molecule has 0 saturated carbocycles. The Morgan fingerprint density at radius 2 is 2.07 bits per heavy atom. The first-order chi connectivity index (χ1) is 7.31. The fraction of sp³-hybridized carbons (Fsp3) is 0.400. The first-order valence-electron chi connectivity index (χ1n) is 4.90. The molecule has 1 aromatic rings. The number of nitrogens with two attached hydrogens (primary N) is 1. The van der Waals surface area contributed by atoms with E-state index in [-0.39, 0.29) is 5.82 Å². The van der Waals surface area contributed by atoms with Crippen molar-refractivity contribution in [2.24, 2.45) is 5.84 Å². The molecular weight excluding hydrogens is 197 g/mol. The zero-order chi connectivity index (χ0) is 10.7. The number of nitrogens with one attached hydrogen (secondary N) is 1.